The second kappa shape index (κ2) is 7.22. The Kier molecular flexibility index (Phi) is 4.05. The Morgan fingerprint density at radius 3 is 2.12 bits per heavy atom. The van der Waals surface area contributed by atoms with E-state index in [0.717, 1.165) is 27.9 Å². The van der Waals surface area contributed by atoms with Gasteiger partial charge in [0.05, 0.1) is 16.9 Å². The van der Waals surface area contributed by atoms with Crippen molar-refractivity contribution in [2.75, 3.05) is 0 Å². The van der Waals surface area contributed by atoms with E-state index in [1.807, 2.05) is 23.6 Å². The lowest BCUT2D eigenvalue weighted by Crippen LogP contribution is -1.92. The van der Waals surface area contributed by atoms with E-state index in [1.165, 1.54) is 36.5 Å². The predicted molar refractivity (Wildman–Crippen MR) is 141 cm³/mol. The Hall–Kier alpha value is -4.08. The standard InChI is InChI=1S/C30H18N2S/c1-2-11-24-21(8-1)22-9-3-5-14-26(22)32-29(24)27-17-16-19(18-31-27)20-12-7-13-25-23-10-4-6-15-28(23)33-30(20)25/h1-18H. The van der Waals surface area contributed by atoms with Crippen LogP contribution in [0.3, 0.4) is 0 Å². The molecule has 7 rings (SSSR count). The van der Waals surface area contributed by atoms with Gasteiger partial charge in [-0.05, 0) is 23.6 Å². The molecule has 0 N–H and O–H groups in total. The maximum atomic E-state index is 4.99. The summed E-state index contributed by atoms with van der Waals surface area (Å²) in [4.78, 5) is 9.88. The molecule has 0 aliphatic rings. The molecule has 0 atom stereocenters. The highest BCUT2D eigenvalue weighted by Gasteiger charge is 2.13. The summed E-state index contributed by atoms with van der Waals surface area (Å²) in [6.07, 6.45) is 1.99. The van der Waals surface area contributed by atoms with Gasteiger partial charge in [0.25, 0.3) is 0 Å². The maximum Gasteiger partial charge on any atom is 0.0972 e. The van der Waals surface area contributed by atoms with E-state index >= 15 is 0 Å². The van der Waals surface area contributed by atoms with E-state index in [4.69, 9.17) is 9.97 Å². The van der Waals surface area contributed by atoms with Gasteiger partial charge in [-0.2, -0.15) is 0 Å². The minimum Gasteiger partial charge on any atom is -0.254 e. The normalized spacial score (nSPS) is 11.6. The smallest absolute Gasteiger partial charge is 0.0972 e. The third kappa shape index (κ3) is 2.86. The molecule has 0 spiro atoms. The summed E-state index contributed by atoms with van der Waals surface area (Å²) in [5.74, 6) is 0. The zero-order chi connectivity index (χ0) is 21.8. The van der Waals surface area contributed by atoms with Gasteiger partial charge >= 0.3 is 0 Å². The lowest BCUT2D eigenvalue weighted by atomic mass is 10.0. The van der Waals surface area contributed by atoms with Crippen molar-refractivity contribution in [3.8, 4) is 22.5 Å². The summed E-state index contributed by atoms with van der Waals surface area (Å²) in [5, 5.41) is 6.13. The van der Waals surface area contributed by atoms with Gasteiger partial charge in [0, 0.05) is 48.3 Å². The fourth-order valence-corrected chi connectivity index (χ4v) is 6.01. The molecule has 0 unspecified atom stereocenters. The maximum absolute atomic E-state index is 4.99. The van der Waals surface area contributed by atoms with Crippen molar-refractivity contribution in [1.82, 2.24) is 9.97 Å². The van der Waals surface area contributed by atoms with Gasteiger partial charge in [0.1, 0.15) is 0 Å². The fraction of sp³-hybridized carbons (Fsp3) is 0. The molecular weight excluding hydrogens is 420 g/mol. The van der Waals surface area contributed by atoms with Crippen molar-refractivity contribution >= 4 is 53.2 Å². The molecule has 0 radical (unpaired) electrons. The van der Waals surface area contributed by atoms with Gasteiger partial charge in [0.15, 0.2) is 0 Å². The number of fused-ring (bicyclic) bond motifs is 6. The van der Waals surface area contributed by atoms with Gasteiger partial charge < -0.3 is 0 Å². The molecule has 33 heavy (non-hydrogen) atoms. The first-order chi connectivity index (χ1) is 16.4. The average molecular weight is 439 g/mol. The Morgan fingerprint density at radius 1 is 0.545 bits per heavy atom. The molecular formula is C30H18N2S. The van der Waals surface area contributed by atoms with Crippen LogP contribution in [0.15, 0.2) is 109 Å². The first kappa shape index (κ1) is 18.5. The minimum absolute atomic E-state index is 0.893. The van der Waals surface area contributed by atoms with Crippen molar-refractivity contribution < 1.29 is 0 Å². The van der Waals surface area contributed by atoms with Gasteiger partial charge in [0.2, 0.25) is 0 Å². The molecule has 7 aromatic rings. The number of rotatable bonds is 2. The Balaban J connectivity index is 1.40. The van der Waals surface area contributed by atoms with Crippen molar-refractivity contribution in [3.05, 3.63) is 109 Å². The molecule has 0 aliphatic carbocycles. The van der Waals surface area contributed by atoms with E-state index in [9.17, 15) is 0 Å². The van der Waals surface area contributed by atoms with E-state index in [2.05, 4.69) is 97.1 Å². The zero-order valence-corrected chi connectivity index (χ0v) is 18.5. The zero-order valence-electron chi connectivity index (χ0n) is 17.7. The topological polar surface area (TPSA) is 25.8 Å². The van der Waals surface area contributed by atoms with Crippen molar-refractivity contribution in [3.63, 3.8) is 0 Å². The van der Waals surface area contributed by atoms with Crippen LogP contribution >= 0.6 is 11.3 Å². The third-order valence-electron chi connectivity index (χ3n) is 6.33. The van der Waals surface area contributed by atoms with Crippen LogP contribution in [0.2, 0.25) is 0 Å². The molecule has 0 bridgehead atoms. The quantitative estimate of drug-likeness (QED) is 0.253. The van der Waals surface area contributed by atoms with Crippen LogP contribution in [0, 0.1) is 0 Å². The monoisotopic (exact) mass is 438 g/mol. The molecule has 3 aromatic heterocycles. The highest BCUT2D eigenvalue weighted by Crippen LogP contribution is 2.40. The molecule has 0 saturated carbocycles. The summed E-state index contributed by atoms with van der Waals surface area (Å²) in [5.41, 5.74) is 5.16. The van der Waals surface area contributed by atoms with E-state index in [0.29, 0.717) is 0 Å². The molecule has 154 valence electrons. The van der Waals surface area contributed by atoms with Crippen LogP contribution in [0.25, 0.3) is 64.4 Å². The molecule has 0 amide bonds. The number of thiophene rings is 1. The van der Waals surface area contributed by atoms with Crippen LogP contribution in [-0.4, -0.2) is 9.97 Å². The number of benzene rings is 4. The molecule has 2 nitrogen and oxygen atoms in total. The Labute approximate surface area is 194 Å². The van der Waals surface area contributed by atoms with E-state index in [1.54, 1.807) is 0 Å². The summed E-state index contributed by atoms with van der Waals surface area (Å²) >= 11 is 1.85. The summed E-state index contributed by atoms with van der Waals surface area (Å²) in [6.45, 7) is 0. The van der Waals surface area contributed by atoms with Gasteiger partial charge in [-0.15, -0.1) is 11.3 Å². The number of para-hydroxylation sites is 1. The van der Waals surface area contributed by atoms with Crippen LogP contribution in [0.1, 0.15) is 0 Å². The molecule has 3 heterocycles. The van der Waals surface area contributed by atoms with Crippen LogP contribution in [-0.2, 0) is 0 Å². The van der Waals surface area contributed by atoms with Gasteiger partial charge in [-0.3, -0.25) is 4.98 Å². The average Bonchev–Trinajstić information content (AvgIpc) is 3.27. The first-order valence-electron chi connectivity index (χ1n) is 11.0. The Bertz CT molecular complexity index is 1810. The summed E-state index contributed by atoms with van der Waals surface area (Å²) in [7, 11) is 0. The minimum atomic E-state index is 0.893. The number of hydrogen-bond donors (Lipinski definition) is 0. The largest absolute Gasteiger partial charge is 0.254 e. The third-order valence-corrected chi connectivity index (χ3v) is 7.55. The van der Waals surface area contributed by atoms with Crippen molar-refractivity contribution in [1.29, 1.82) is 0 Å². The number of hydrogen-bond acceptors (Lipinski definition) is 3. The van der Waals surface area contributed by atoms with Crippen LogP contribution in [0.4, 0.5) is 0 Å². The Morgan fingerprint density at radius 2 is 1.27 bits per heavy atom. The number of nitrogens with zero attached hydrogens (tertiary/aromatic N) is 2. The SMILES string of the molecule is c1ccc2c(c1)nc(-c1ccc(-c3cccc4c3sc3ccccc34)cn1)c1ccccc12. The molecule has 0 fully saturated rings. The lowest BCUT2D eigenvalue weighted by Gasteiger charge is -2.10. The lowest BCUT2D eigenvalue weighted by molar-refractivity contribution is 1.29. The number of aromatic nitrogens is 2. The highest BCUT2D eigenvalue weighted by atomic mass is 32.1. The molecule has 3 heteroatoms. The molecule has 4 aromatic carbocycles. The summed E-state index contributed by atoms with van der Waals surface area (Å²) < 4.78 is 2.62. The van der Waals surface area contributed by atoms with Gasteiger partial charge in [-0.25, -0.2) is 4.98 Å². The molecule has 0 saturated heterocycles. The summed E-state index contributed by atoms with van der Waals surface area (Å²) in [6, 6.07) is 36.2. The number of pyridine rings is 2. The second-order valence-corrected chi connectivity index (χ2v) is 9.29. The van der Waals surface area contributed by atoms with E-state index < -0.39 is 0 Å². The van der Waals surface area contributed by atoms with Crippen LogP contribution in [0.5, 0.6) is 0 Å². The van der Waals surface area contributed by atoms with E-state index in [-0.39, 0.29) is 0 Å². The highest BCUT2D eigenvalue weighted by molar-refractivity contribution is 7.26. The fourth-order valence-electron chi connectivity index (χ4n) is 4.77. The van der Waals surface area contributed by atoms with Crippen molar-refractivity contribution in [2.45, 2.75) is 0 Å². The van der Waals surface area contributed by atoms with Crippen molar-refractivity contribution in [2.24, 2.45) is 0 Å². The van der Waals surface area contributed by atoms with Crippen LogP contribution < -0.4 is 0 Å². The second-order valence-electron chi connectivity index (χ2n) is 8.24. The first-order valence-corrected chi connectivity index (χ1v) is 11.8. The van der Waals surface area contributed by atoms with Gasteiger partial charge in [-0.1, -0.05) is 84.9 Å². The predicted octanol–water partition coefficient (Wildman–Crippen LogP) is 8.48. The molecule has 0 aliphatic heterocycles.